The van der Waals surface area contributed by atoms with Crippen LogP contribution in [0.1, 0.15) is 29.3 Å². The smallest absolute Gasteiger partial charge is 0.371 e. The van der Waals surface area contributed by atoms with Crippen LogP contribution in [-0.2, 0) is 6.18 Å². The second kappa shape index (κ2) is 7.45. The van der Waals surface area contributed by atoms with Gasteiger partial charge in [-0.05, 0) is 52.2 Å². The molecule has 1 aromatic rings. The summed E-state index contributed by atoms with van der Waals surface area (Å²) in [5.74, 6) is 0. The van der Waals surface area contributed by atoms with E-state index in [9.17, 15) is 18.0 Å². The Hall–Kier alpha value is -1.56. The molecule has 0 spiro atoms. The number of anilines is 1. The Morgan fingerprint density at radius 3 is 2.33 bits per heavy atom. The third-order valence-corrected chi connectivity index (χ3v) is 3.22. The van der Waals surface area contributed by atoms with Gasteiger partial charge in [-0.2, -0.15) is 13.2 Å². The molecule has 21 heavy (non-hydrogen) atoms. The minimum atomic E-state index is -4.47. The SMILES string of the molecule is CCN(CCCN(C)C)c1ccc(C=O)cc1C(F)(F)F. The Morgan fingerprint density at radius 1 is 1.19 bits per heavy atom. The standard InChI is InChI=1S/C15H21F3N2O/c1-4-20(9-5-8-19(2)3)14-7-6-12(11-21)10-13(14)15(16,17)18/h6-7,10-11H,4-5,8-9H2,1-3H3. The van der Waals surface area contributed by atoms with Gasteiger partial charge in [0.2, 0.25) is 0 Å². The van der Waals surface area contributed by atoms with E-state index in [1.807, 2.05) is 25.9 Å². The van der Waals surface area contributed by atoms with Crippen molar-refractivity contribution in [2.24, 2.45) is 0 Å². The summed E-state index contributed by atoms with van der Waals surface area (Å²) in [6, 6.07) is 3.72. The molecule has 0 saturated heterocycles. The number of aldehydes is 1. The normalized spacial score (nSPS) is 11.8. The van der Waals surface area contributed by atoms with E-state index >= 15 is 0 Å². The predicted molar refractivity (Wildman–Crippen MR) is 77.9 cm³/mol. The number of benzene rings is 1. The molecule has 0 heterocycles. The number of rotatable bonds is 7. The van der Waals surface area contributed by atoms with Gasteiger partial charge in [-0.3, -0.25) is 4.79 Å². The van der Waals surface area contributed by atoms with Crippen molar-refractivity contribution in [1.29, 1.82) is 0 Å². The monoisotopic (exact) mass is 302 g/mol. The molecule has 118 valence electrons. The number of hydrogen-bond acceptors (Lipinski definition) is 3. The van der Waals surface area contributed by atoms with Gasteiger partial charge in [-0.15, -0.1) is 0 Å². The van der Waals surface area contributed by atoms with Crippen molar-refractivity contribution < 1.29 is 18.0 Å². The molecular weight excluding hydrogens is 281 g/mol. The summed E-state index contributed by atoms with van der Waals surface area (Å²) in [5.41, 5.74) is -0.580. The molecule has 3 nitrogen and oxygen atoms in total. The molecule has 0 bridgehead atoms. The van der Waals surface area contributed by atoms with Gasteiger partial charge in [-0.25, -0.2) is 0 Å². The molecule has 0 unspecified atom stereocenters. The zero-order valence-electron chi connectivity index (χ0n) is 12.6. The molecule has 0 aromatic heterocycles. The van der Waals surface area contributed by atoms with Crippen LogP contribution in [0.5, 0.6) is 0 Å². The predicted octanol–water partition coefficient (Wildman–Crippen LogP) is 3.30. The van der Waals surface area contributed by atoms with E-state index in [0.29, 0.717) is 19.4 Å². The maximum absolute atomic E-state index is 13.2. The lowest BCUT2D eigenvalue weighted by atomic mass is 10.1. The molecule has 6 heteroatoms. The second-order valence-corrected chi connectivity index (χ2v) is 5.13. The molecular formula is C15H21F3N2O. The molecule has 0 atom stereocenters. The number of carbonyl (C=O) groups is 1. The van der Waals surface area contributed by atoms with Crippen LogP contribution in [0.25, 0.3) is 0 Å². The highest BCUT2D eigenvalue weighted by Gasteiger charge is 2.35. The van der Waals surface area contributed by atoms with Crippen LogP contribution in [0, 0.1) is 0 Å². The minimum Gasteiger partial charge on any atom is -0.371 e. The van der Waals surface area contributed by atoms with Crippen LogP contribution >= 0.6 is 0 Å². The molecule has 1 aromatic carbocycles. The van der Waals surface area contributed by atoms with Gasteiger partial charge in [0, 0.05) is 24.3 Å². The lowest BCUT2D eigenvalue weighted by molar-refractivity contribution is -0.137. The van der Waals surface area contributed by atoms with Crippen LogP contribution < -0.4 is 4.90 Å². The molecule has 0 amide bonds. The third-order valence-electron chi connectivity index (χ3n) is 3.22. The van der Waals surface area contributed by atoms with Gasteiger partial charge in [0.05, 0.1) is 5.56 Å². The number of carbonyl (C=O) groups excluding carboxylic acids is 1. The van der Waals surface area contributed by atoms with E-state index < -0.39 is 11.7 Å². The molecule has 1 rings (SSSR count). The number of nitrogens with zero attached hydrogens (tertiary/aromatic N) is 2. The zero-order chi connectivity index (χ0) is 16.0. The Morgan fingerprint density at radius 2 is 1.86 bits per heavy atom. The highest BCUT2D eigenvalue weighted by atomic mass is 19.4. The molecule has 0 saturated carbocycles. The van der Waals surface area contributed by atoms with E-state index in [-0.39, 0.29) is 11.3 Å². The minimum absolute atomic E-state index is 0.0374. The van der Waals surface area contributed by atoms with Crippen molar-refractivity contribution in [2.45, 2.75) is 19.5 Å². The Kier molecular flexibility index (Phi) is 6.20. The van der Waals surface area contributed by atoms with Crippen LogP contribution in [-0.4, -0.2) is 44.9 Å². The van der Waals surface area contributed by atoms with Gasteiger partial charge in [-0.1, -0.05) is 0 Å². The fourth-order valence-corrected chi connectivity index (χ4v) is 2.16. The van der Waals surface area contributed by atoms with Crippen molar-refractivity contribution in [3.8, 4) is 0 Å². The van der Waals surface area contributed by atoms with Gasteiger partial charge in [0.25, 0.3) is 0 Å². The summed E-state index contributed by atoms with van der Waals surface area (Å²) >= 11 is 0. The zero-order valence-corrected chi connectivity index (χ0v) is 12.6. The van der Waals surface area contributed by atoms with E-state index in [1.165, 1.54) is 12.1 Å². The summed E-state index contributed by atoms with van der Waals surface area (Å²) in [4.78, 5) is 14.4. The van der Waals surface area contributed by atoms with E-state index in [4.69, 9.17) is 0 Å². The Balaban J connectivity index is 3.05. The molecule has 0 aliphatic carbocycles. The largest absolute Gasteiger partial charge is 0.418 e. The first-order chi connectivity index (χ1) is 9.79. The Bertz CT molecular complexity index is 472. The number of halogens is 3. The summed E-state index contributed by atoms with van der Waals surface area (Å²) in [6.45, 7) is 3.66. The fourth-order valence-electron chi connectivity index (χ4n) is 2.16. The first kappa shape index (κ1) is 17.5. The molecule has 0 aliphatic heterocycles. The first-order valence-corrected chi connectivity index (χ1v) is 6.85. The van der Waals surface area contributed by atoms with E-state index in [0.717, 1.165) is 19.0 Å². The van der Waals surface area contributed by atoms with Crippen molar-refractivity contribution in [1.82, 2.24) is 4.90 Å². The van der Waals surface area contributed by atoms with Gasteiger partial charge in [0.1, 0.15) is 6.29 Å². The van der Waals surface area contributed by atoms with Gasteiger partial charge in [0.15, 0.2) is 0 Å². The van der Waals surface area contributed by atoms with E-state index in [1.54, 1.807) is 4.90 Å². The highest BCUT2D eigenvalue weighted by molar-refractivity contribution is 5.77. The van der Waals surface area contributed by atoms with E-state index in [2.05, 4.69) is 0 Å². The molecule has 0 radical (unpaired) electrons. The van der Waals surface area contributed by atoms with Crippen molar-refractivity contribution in [3.05, 3.63) is 29.3 Å². The fraction of sp³-hybridized carbons (Fsp3) is 0.533. The van der Waals surface area contributed by atoms with Crippen molar-refractivity contribution >= 4 is 12.0 Å². The van der Waals surface area contributed by atoms with Crippen molar-refractivity contribution in [2.75, 3.05) is 38.6 Å². The molecule has 0 aliphatic rings. The van der Waals surface area contributed by atoms with Crippen LogP contribution in [0.4, 0.5) is 18.9 Å². The summed E-state index contributed by atoms with van der Waals surface area (Å²) in [6.07, 6.45) is -3.27. The maximum atomic E-state index is 13.2. The average molecular weight is 302 g/mol. The topological polar surface area (TPSA) is 23.6 Å². The van der Waals surface area contributed by atoms with Gasteiger partial charge >= 0.3 is 6.18 Å². The Labute approximate surface area is 123 Å². The molecule has 0 fully saturated rings. The van der Waals surface area contributed by atoms with Crippen LogP contribution in [0.15, 0.2) is 18.2 Å². The quantitative estimate of drug-likeness (QED) is 0.722. The number of hydrogen-bond donors (Lipinski definition) is 0. The summed E-state index contributed by atoms with van der Waals surface area (Å²) < 4.78 is 39.5. The highest BCUT2D eigenvalue weighted by Crippen LogP contribution is 2.37. The maximum Gasteiger partial charge on any atom is 0.418 e. The molecule has 0 N–H and O–H groups in total. The lowest BCUT2D eigenvalue weighted by Gasteiger charge is -2.27. The number of alkyl halides is 3. The van der Waals surface area contributed by atoms with Crippen LogP contribution in [0.2, 0.25) is 0 Å². The summed E-state index contributed by atoms with van der Waals surface area (Å²) in [5, 5.41) is 0. The summed E-state index contributed by atoms with van der Waals surface area (Å²) in [7, 11) is 3.85. The van der Waals surface area contributed by atoms with Crippen LogP contribution in [0.3, 0.4) is 0 Å². The average Bonchev–Trinajstić information content (AvgIpc) is 2.42. The lowest BCUT2D eigenvalue weighted by Crippen LogP contribution is -2.29. The second-order valence-electron chi connectivity index (χ2n) is 5.13. The first-order valence-electron chi connectivity index (χ1n) is 6.85. The third kappa shape index (κ3) is 5.04. The van der Waals surface area contributed by atoms with Crippen molar-refractivity contribution in [3.63, 3.8) is 0 Å². The van der Waals surface area contributed by atoms with Gasteiger partial charge < -0.3 is 9.80 Å².